The van der Waals surface area contributed by atoms with Gasteiger partial charge in [0, 0.05) is 13.0 Å². The van der Waals surface area contributed by atoms with Gasteiger partial charge in [-0.15, -0.1) is 0 Å². The lowest BCUT2D eigenvalue weighted by Crippen LogP contribution is -2.37. The van der Waals surface area contributed by atoms with Crippen LogP contribution in [0.15, 0.2) is 12.2 Å². The van der Waals surface area contributed by atoms with Crippen molar-refractivity contribution in [2.75, 3.05) is 54.1 Å². The largest absolute Gasteiger partial charge is 0.472 e. The van der Waals surface area contributed by atoms with Crippen molar-refractivity contribution in [3.05, 3.63) is 12.2 Å². The molecule has 268 valence electrons. The molecule has 0 saturated carbocycles. The van der Waals surface area contributed by atoms with Gasteiger partial charge in [0.2, 0.25) is 0 Å². The molecule has 0 aliphatic rings. The number of phosphoric ester groups is 1. The van der Waals surface area contributed by atoms with Crippen LogP contribution in [0.1, 0.15) is 155 Å². The first-order chi connectivity index (χ1) is 21.6. The van der Waals surface area contributed by atoms with Crippen LogP contribution in [-0.4, -0.2) is 75.6 Å². The Balaban J connectivity index is 4.32. The van der Waals surface area contributed by atoms with E-state index in [2.05, 4.69) is 26.0 Å². The highest BCUT2D eigenvalue weighted by Gasteiger charge is 2.26. The fourth-order valence-electron chi connectivity index (χ4n) is 4.89. The van der Waals surface area contributed by atoms with E-state index in [4.69, 9.17) is 18.5 Å². The van der Waals surface area contributed by atoms with Crippen LogP contribution in [0.2, 0.25) is 0 Å². The molecule has 0 fully saturated rings. The Morgan fingerprint density at radius 3 is 1.76 bits per heavy atom. The van der Waals surface area contributed by atoms with Crippen LogP contribution in [0, 0.1) is 0 Å². The number of carbonyl (C=O) groups is 1. The van der Waals surface area contributed by atoms with Crippen LogP contribution in [0.5, 0.6) is 0 Å². The van der Waals surface area contributed by atoms with Crippen LogP contribution in [-0.2, 0) is 27.9 Å². The highest BCUT2D eigenvalue weighted by Crippen LogP contribution is 2.43. The zero-order valence-electron chi connectivity index (χ0n) is 30.1. The first-order valence-electron chi connectivity index (χ1n) is 18.4. The molecular weight excluding hydrogens is 589 g/mol. The summed E-state index contributed by atoms with van der Waals surface area (Å²) in [4.78, 5) is 22.7. The Labute approximate surface area is 278 Å². The average molecular weight is 663 g/mol. The molecular formula is C36H73NO7P+. The summed E-state index contributed by atoms with van der Waals surface area (Å²) in [6.07, 6.45) is 29.4. The minimum absolute atomic E-state index is 0.0896. The number of quaternary nitrogens is 1. The molecule has 0 amide bonds. The summed E-state index contributed by atoms with van der Waals surface area (Å²) in [5.74, 6) is -0.324. The zero-order chi connectivity index (χ0) is 33.5. The molecule has 0 aliphatic carbocycles. The van der Waals surface area contributed by atoms with E-state index in [1.54, 1.807) is 0 Å². The number of carbonyl (C=O) groups excluding carboxylic acids is 1. The van der Waals surface area contributed by atoms with Gasteiger partial charge in [0.1, 0.15) is 19.3 Å². The van der Waals surface area contributed by atoms with Gasteiger partial charge in [-0.1, -0.05) is 129 Å². The number of unbranched alkanes of at least 4 members (excludes halogenated alkanes) is 18. The fraction of sp³-hybridized carbons (Fsp3) is 0.917. The number of ether oxygens (including phenoxy) is 2. The monoisotopic (exact) mass is 663 g/mol. The Morgan fingerprint density at radius 2 is 1.18 bits per heavy atom. The predicted octanol–water partition coefficient (Wildman–Crippen LogP) is 9.93. The second-order valence-electron chi connectivity index (χ2n) is 13.6. The van der Waals surface area contributed by atoms with Crippen molar-refractivity contribution in [1.29, 1.82) is 0 Å². The molecule has 0 heterocycles. The van der Waals surface area contributed by atoms with E-state index in [1.807, 2.05) is 21.1 Å². The Kier molecular flexibility index (Phi) is 30.0. The summed E-state index contributed by atoms with van der Waals surface area (Å²) in [6, 6.07) is 0. The van der Waals surface area contributed by atoms with Crippen molar-refractivity contribution in [1.82, 2.24) is 0 Å². The van der Waals surface area contributed by atoms with Gasteiger partial charge >= 0.3 is 13.8 Å². The number of hydrogen-bond donors (Lipinski definition) is 1. The lowest BCUT2D eigenvalue weighted by molar-refractivity contribution is -0.870. The van der Waals surface area contributed by atoms with Crippen molar-refractivity contribution in [2.24, 2.45) is 0 Å². The van der Waals surface area contributed by atoms with Crippen molar-refractivity contribution in [3.63, 3.8) is 0 Å². The number of allylic oxidation sites excluding steroid dienone is 2. The number of likely N-dealkylation sites (N-methyl/N-ethyl adjacent to an activating group) is 1. The van der Waals surface area contributed by atoms with E-state index in [1.165, 1.54) is 89.9 Å². The first kappa shape index (κ1) is 44.2. The third-order valence-corrected chi connectivity index (χ3v) is 8.81. The third-order valence-electron chi connectivity index (χ3n) is 7.83. The number of phosphoric acid groups is 1. The van der Waals surface area contributed by atoms with Gasteiger partial charge in [-0.3, -0.25) is 13.8 Å². The molecule has 0 aromatic rings. The van der Waals surface area contributed by atoms with E-state index in [0.29, 0.717) is 24.1 Å². The second-order valence-corrected chi connectivity index (χ2v) is 15.1. The molecule has 2 atom stereocenters. The second kappa shape index (κ2) is 30.6. The predicted molar refractivity (Wildman–Crippen MR) is 187 cm³/mol. The van der Waals surface area contributed by atoms with Crippen molar-refractivity contribution < 1.29 is 37.3 Å². The molecule has 1 N–H and O–H groups in total. The van der Waals surface area contributed by atoms with Gasteiger partial charge in [-0.05, 0) is 32.1 Å². The van der Waals surface area contributed by atoms with E-state index in [0.717, 1.165) is 44.9 Å². The van der Waals surface area contributed by atoms with E-state index >= 15 is 0 Å². The molecule has 0 aromatic heterocycles. The number of esters is 1. The highest BCUT2D eigenvalue weighted by atomic mass is 31.2. The molecule has 2 unspecified atom stereocenters. The minimum atomic E-state index is -4.26. The lowest BCUT2D eigenvalue weighted by atomic mass is 10.1. The molecule has 0 radical (unpaired) electrons. The first-order valence-corrected chi connectivity index (χ1v) is 19.9. The molecule has 9 heteroatoms. The Morgan fingerprint density at radius 1 is 0.667 bits per heavy atom. The molecule has 45 heavy (non-hydrogen) atoms. The molecule has 0 bridgehead atoms. The zero-order valence-corrected chi connectivity index (χ0v) is 31.0. The Hall–Kier alpha value is -0.760. The summed E-state index contributed by atoms with van der Waals surface area (Å²) < 4.78 is 34.8. The van der Waals surface area contributed by atoms with Crippen molar-refractivity contribution >= 4 is 13.8 Å². The maximum atomic E-state index is 12.6. The summed E-state index contributed by atoms with van der Waals surface area (Å²) >= 11 is 0. The minimum Gasteiger partial charge on any atom is -0.457 e. The van der Waals surface area contributed by atoms with Crippen LogP contribution >= 0.6 is 7.82 Å². The van der Waals surface area contributed by atoms with E-state index in [9.17, 15) is 14.3 Å². The van der Waals surface area contributed by atoms with Crippen molar-refractivity contribution in [2.45, 2.75) is 161 Å². The van der Waals surface area contributed by atoms with E-state index < -0.39 is 13.9 Å². The van der Waals surface area contributed by atoms with Crippen LogP contribution in [0.25, 0.3) is 0 Å². The average Bonchev–Trinajstić information content (AvgIpc) is 2.98. The van der Waals surface area contributed by atoms with Gasteiger partial charge in [0.25, 0.3) is 0 Å². The summed E-state index contributed by atoms with van der Waals surface area (Å²) in [7, 11) is 1.67. The lowest BCUT2D eigenvalue weighted by Gasteiger charge is -2.24. The molecule has 8 nitrogen and oxygen atoms in total. The topological polar surface area (TPSA) is 91.3 Å². The maximum Gasteiger partial charge on any atom is 0.472 e. The molecule has 0 rings (SSSR count). The van der Waals surface area contributed by atoms with Crippen LogP contribution in [0.4, 0.5) is 0 Å². The number of hydrogen-bond acceptors (Lipinski definition) is 6. The smallest absolute Gasteiger partial charge is 0.457 e. The quantitative estimate of drug-likeness (QED) is 0.0241. The maximum absolute atomic E-state index is 12.6. The van der Waals surface area contributed by atoms with Crippen LogP contribution in [0.3, 0.4) is 0 Å². The summed E-state index contributed by atoms with van der Waals surface area (Å²) in [6.45, 7) is 5.58. The fourth-order valence-corrected chi connectivity index (χ4v) is 5.63. The van der Waals surface area contributed by atoms with E-state index in [-0.39, 0.29) is 25.8 Å². The van der Waals surface area contributed by atoms with Gasteiger partial charge < -0.3 is 18.9 Å². The van der Waals surface area contributed by atoms with Crippen LogP contribution < -0.4 is 0 Å². The highest BCUT2D eigenvalue weighted by molar-refractivity contribution is 7.47. The molecule has 0 aliphatic heterocycles. The normalized spacial score (nSPS) is 14.2. The number of nitrogens with zero attached hydrogens (tertiary/aromatic N) is 1. The number of rotatable bonds is 34. The van der Waals surface area contributed by atoms with Gasteiger partial charge in [-0.25, -0.2) is 4.57 Å². The van der Waals surface area contributed by atoms with Gasteiger partial charge in [0.15, 0.2) is 0 Å². The van der Waals surface area contributed by atoms with Crippen molar-refractivity contribution in [3.8, 4) is 0 Å². The Bertz CT molecular complexity index is 741. The SMILES string of the molecule is CCCC/C=C\CCCCCCCC(=O)OC(COCCCCCCCCCCCCCC)COP(=O)(O)OCC[N+](C)(C)C. The summed E-state index contributed by atoms with van der Waals surface area (Å²) in [5, 5.41) is 0. The van der Waals surface area contributed by atoms with Gasteiger partial charge in [-0.2, -0.15) is 0 Å². The third kappa shape index (κ3) is 34.4. The molecule has 0 spiro atoms. The summed E-state index contributed by atoms with van der Waals surface area (Å²) in [5.41, 5.74) is 0. The standard InChI is InChI=1S/C36H72NO7P/c1-6-8-10-12-14-16-18-20-22-24-26-28-31-41-33-35(34-43-45(39,40)42-32-30-37(3,4)5)44-36(38)29-27-25-23-21-19-17-15-13-11-9-7-2/h13,15,35H,6-12,14,16-34H2,1-5H3/p+1/b15-13-. The molecule has 0 aromatic carbocycles. The molecule has 0 saturated heterocycles. The van der Waals surface area contributed by atoms with Gasteiger partial charge in [0.05, 0.1) is 34.4 Å².